The Morgan fingerprint density at radius 3 is 0.961 bits per heavy atom. The topological polar surface area (TPSA) is 105 Å². The summed E-state index contributed by atoms with van der Waals surface area (Å²) in [6, 6.07) is 147. The molecule has 10 nitrogen and oxygen atoms in total. The summed E-state index contributed by atoms with van der Waals surface area (Å²) in [5, 5.41) is 18.1. The van der Waals surface area contributed by atoms with Gasteiger partial charge in [0.2, 0.25) is 0 Å². The van der Waals surface area contributed by atoms with E-state index in [1.807, 2.05) is 95.5 Å². The van der Waals surface area contributed by atoms with E-state index < -0.39 is 0 Å². The lowest BCUT2D eigenvalue weighted by atomic mass is 10.1. The van der Waals surface area contributed by atoms with Crippen molar-refractivity contribution >= 4 is 183 Å². The van der Waals surface area contributed by atoms with Crippen LogP contribution in [0, 0.1) is 0 Å². The van der Waals surface area contributed by atoms with Crippen molar-refractivity contribution in [3.8, 4) is 85.0 Å². The van der Waals surface area contributed by atoms with Crippen LogP contribution in [0.4, 0.5) is 0 Å². The van der Waals surface area contributed by atoms with Crippen LogP contribution in [-0.4, -0.2) is 43.6 Å². The lowest BCUT2D eigenvalue weighted by molar-refractivity contribution is 0.671. The van der Waals surface area contributed by atoms with Crippen LogP contribution in [0.5, 0.6) is 0 Å². The molecule has 0 unspecified atom stereocenters. The first-order valence-electron chi connectivity index (χ1n) is 42.3. The highest BCUT2D eigenvalue weighted by atomic mass is 32.1. The van der Waals surface area contributed by atoms with Crippen molar-refractivity contribution in [2.45, 2.75) is 14.9 Å². The third-order valence-corrected chi connectivity index (χ3v) is 27.0. The first-order valence-corrected chi connectivity index (χ1v) is 43.9. The fraction of sp³-hybridized carbons (Fsp3) is 0.0172. The monoisotopic (exact) mass is 1680 g/mol. The zero-order valence-corrected chi connectivity index (χ0v) is 69.2. The summed E-state index contributed by atoms with van der Waals surface area (Å²) in [6.45, 7) is 0. The van der Waals surface area contributed by atoms with E-state index in [-0.39, 0.29) is 14.9 Å². The summed E-state index contributed by atoms with van der Waals surface area (Å²) in [7, 11) is 0. The number of hydrogen-bond acceptors (Lipinski definition) is 9. The van der Waals surface area contributed by atoms with E-state index in [9.17, 15) is 0 Å². The van der Waals surface area contributed by atoms with Gasteiger partial charge in [0.25, 0.3) is 0 Å². The Morgan fingerprint density at radius 2 is 0.523 bits per heavy atom. The highest BCUT2D eigenvalue weighted by Crippen LogP contribution is 2.48. The molecule has 0 fully saturated rings. The van der Waals surface area contributed by atoms with Crippen LogP contribution in [0.1, 0.15) is 14.9 Å². The molecule has 0 saturated heterocycles. The number of rotatable bonds is 9. The first-order chi connectivity index (χ1) is 62.5. The van der Waals surface area contributed by atoms with Crippen molar-refractivity contribution in [3.63, 3.8) is 0 Å². The molecule has 604 valence electrons. The molecule has 9 heterocycles. The fourth-order valence-electron chi connectivity index (χ4n) is 18.9. The van der Waals surface area contributed by atoms with Gasteiger partial charge < -0.3 is 18.1 Å². The van der Waals surface area contributed by atoms with Crippen LogP contribution >= 0.6 is 22.7 Å². The van der Waals surface area contributed by atoms with E-state index in [1.54, 1.807) is 0 Å². The molecule has 0 aliphatic carbocycles. The minimum absolute atomic E-state index is 0. The molecule has 0 bridgehead atoms. The maximum absolute atomic E-state index is 6.51. The van der Waals surface area contributed by atoms with Gasteiger partial charge in [-0.2, -0.15) is 0 Å². The van der Waals surface area contributed by atoms with Gasteiger partial charge in [-0.25, -0.2) is 29.9 Å². The molecule has 0 N–H and O–H groups in total. The normalized spacial score (nSPS) is 11.6. The van der Waals surface area contributed by atoms with Gasteiger partial charge in [-0.3, -0.25) is 0 Å². The predicted octanol–water partition coefficient (Wildman–Crippen LogP) is 32.1. The van der Waals surface area contributed by atoms with Gasteiger partial charge in [-0.15, -0.1) is 22.7 Å². The Kier molecular flexibility index (Phi) is 18.8. The summed E-state index contributed by atoms with van der Waals surface area (Å²) in [4.78, 5) is 30.3. The minimum Gasteiger partial charge on any atom is -0.454 e. The third-order valence-electron chi connectivity index (χ3n) is 24.6. The molecule has 0 aliphatic rings. The molecule has 27 rings (SSSR count). The number of benzene rings is 18. The minimum atomic E-state index is 0. The Labute approximate surface area is 744 Å². The quantitative estimate of drug-likeness (QED) is 0.142. The van der Waals surface area contributed by atoms with Gasteiger partial charge in [0.05, 0.1) is 76.1 Å². The number of aromatic nitrogens is 9. The molecule has 27 aromatic rings. The molecular formula is C116H77N9OS2. The lowest BCUT2D eigenvalue weighted by Crippen LogP contribution is -1.97. The number of fused-ring (bicyclic) bond motifs is 24. The standard InChI is InChI=1S/C38H23N3O.2C38H23N3S.2CH4/c1-2-10-24(11-3-1)35-31-14-4-7-15-32(31)39-38(40-35)25-18-20-26(21-19-25)41-33-16-8-5-12-27(33)29-22-23-30-28-13-6-9-17-34(28)42-37(30)36(29)41;1-2-11-24(12-3-1)35-31-17-4-7-18-32(31)39-38(40-35)25-13-10-14-26(23-25)41-33-19-8-5-15-27(33)29-21-22-30-28-16-6-9-20-34(28)42-37(30)36(29)41;1-2-10-24(11-3-1)35-31-14-4-7-15-32(31)39-38(40-35)25-18-20-26(21-19-25)41-33-16-8-5-12-27(33)29-22-23-30-28-13-6-9-17-34(28)42-37(30)36(29)41;;/h3*1-23H;2*1H4. The van der Waals surface area contributed by atoms with Gasteiger partial charge in [0.15, 0.2) is 23.1 Å². The van der Waals surface area contributed by atoms with Crippen LogP contribution in [0.2, 0.25) is 0 Å². The molecule has 0 radical (unpaired) electrons. The molecule has 0 amide bonds. The average molecular weight is 1680 g/mol. The molecule has 0 atom stereocenters. The van der Waals surface area contributed by atoms with Crippen molar-refractivity contribution in [3.05, 3.63) is 419 Å². The second-order valence-corrected chi connectivity index (χ2v) is 34.0. The Bertz CT molecular complexity index is 8690. The molecule has 0 aliphatic heterocycles. The Morgan fingerprint density at radius 1 is 0.203 bits per heavy atom. The van der Waals surface area contributed by atoms with Crippen molar-refractivity contribution in [1.29, 1.82) is 0 Å². The number of furan rings is 1. The van der Waals surface area contributed by atoms with Gasteiger partial charge >= 0.3 is 0 Å². The molecular weight excluding hydrogens is 1600 g/mol. The maximum Gasteiger partial charge on any atom is 0.160 e. The van der Waals surface area contributed by atoms with Gasteiger partial charge in [0, 0.05) is 141 Å². The van der Waals surface area contributed by atoms with E-state index in [1.165, 1.54) is 94.7 Å². The van der Waals surface area contributed by atoms with Crippen LogP contribution in [0.3, 0.4) is 0 Å². The largest absolute Gasteiger partial charge is 0.454 e. The van der Waals surface area contributed by atoms with E-state index in [0.29, 0.717) is 5.82 Å². The van der Waals surface area contributed by atoms with E-state index in [4.69, 9.17) is 34.3 Å². The van der Waals surface area contributed by atoms with Gasteiger partial charge in [-0.05, 0) is 121 Å². The average Bonchev–Trinajstić information content (AvgIpc) is 1.56. The molecule has 18 aromatic carbocycles. The smallest absolute Gasteiger partial charge is 0.160 e. The Hall–Kier alpha value is -16.4. The number of para-hydroxylation sites is 7. The van der Waals surface area contributed by atoms with E-state index >= 15 is 0 Å². The molecule has 0 saturated carbocycles. The summed E-state index contributed by atoms with van der Waals surface area (Å²) in [5.41, 5.74) is 24.1. The van der Waals surface area contributed by atoms with Gasteiger partial charge in [-0.1, -0.05) is 312 Å². The van der Waals surface area contributed by atoms with Crippen LogP contribution in [0.25, 0.3) is 245 Å². The van der Waals surface area contributed by atoms with Crippen molar-refractivity contribution in [2.24, 2.45) is 0 Å². The number of nitrogens with zero attached hydrogens (tertiary/aromatic N) is 9. The van der Waals surface area contributed by atoms with Crippen molar-refractivity contribution in [1.82, 2.24) is 43.6 Å². The summed E-state index contributed by atoms with van der Waals surface area (Å²) >= 11 is 3.75. The fourth-order valence-corrected chi connectivity index (χ4v) is 21.3. The zero-order valence-electron chi connectivity index (χ0n) is 67.6. The van der Waals surface area contributed by atoms with E-state index in [2.05, 4.69) is 359 Å². The molecule has 0 spiro atoms. The third kappa shape index (κ3) is 12.7. The van der Waals surface area contributed by atoms with Crippen LogP contribution in [-0.2, 0) is 0 Å². The van der Waals surface area contributed by atoms with Gasteiger partial charge in [0.1, 0.15) is 5.58 Å². The summed E-state index contributed by atoms with van der Waals surface area (Å²) in [5.74, 6) is 2.16. The molecule has 128 heavy (non-hydrogen) atoms. The highest BCUT2D eigenvalue weighted by molar-refractivity contribution is 7.27. The number of thiophene rings is 2. The summed E-state index contributed by atoms with van der Waals surface area (Å²) < 4.78 is 18.9. The number of hydrogen-bond donors (Lipinski definition) is 0. The SMILES string of the molecule is C.C.c1ccc(-c2nc(-c3ccc(-n4c5ccccc5c5ccc6c7ccccc7oc6c54)cc3)nc3ccccc23)cc1.c1ccc(-c2nc(-c3ccc(-n4c5ccccc5c5ccc6c7ccccc7sc6c54)cc3)nc3ccccc23)cc1.c1ccc(-c2nc(-c3cccc(-n4c5ccccc5c5ccc6c7ccccc7sc6c54)c3)nc3ccccc23)cc1. The molecule has 12 heteroatoms. The second kappa shape index (κ2) is 31.4. The molecule has 9 aromatic heterocycles. The van der Waals surface area contributed by atoms with Crippen LogP contribution in [0.15, 0.2) is 423 Å². The summed E-state index contributed by atoms with van der Waals surface area (Å²) in [6.07, 6.45) is 0. The lowest BCUT2D eigenvalue weighted by Gasteiger charge is -2.12. The maximum atomic E-state index is 6.51. The Balaban J connectivity index is 0.000000109. The van der Waals surface area contributed by atoms with Crippen LogP contribution < -0.4 is 0 Å². The highest BCUT2D eigenvalue weighted by Gasteiger charge is 2.25. The van der Waals surface area contributed by atoms with E-state index in [0.717, 1.165) is 145 Å². The second-order valence-electron chi connectivity index (χ2n) is 31.8. The predicted molar refractivity (Wildman–Crippen MR) is 541 cm³/mol. The van der Waals surface area contributed by atoms with Crippen molar-refractivity contribution in [2.75, 3.05) is 0 Å². The zero-order chi connectivity index (χ0) is 82.9. The van der Waals surface area contributed by atoms with Crippen molar-refractivity contribution < 1.29 is 4.42 Å². The first kappa shape index (κ1) is 76.5.